The molecule has 40 heavy (non-hydrogen) atoms. The number of aromatic nitrogens is 5. The fourth-order valence-corrected chi connectivity index (χ4v) is 5.90. The number of nitrogens with one attached hydrogen (secondary N) is 3. The highest BCUT2D eigenvalue weighted by atomic mass is 15.2. The molecule has 7 nitrogen and oxygen atoms in total. The largest absolute Gasteiger partial charge is 0.341 e. The minimum Gasteiger partial charge on any atom is -0.341 e. The van der Waals surface area contributed by atoms with Crippen molar-refractivity contribution in [3.63, 3.8) is 0 Å². The SMILES string of the molecule is c1cnc2c(c1)CCCC2N(Cc1ccc(CNCc2nc3ccccc3[nH]2)cc1)Cc1nc2ccccc2[nH]1. The van der Waals surface area contributed by atoms with Crippen molar-refractivity contribution in [3.05, 3.63) is 125 Å². The average molecular weight is 528 g/mol. The Hall–Kier alpha value is -4.33. The first kappa shape index (κ1) is 24.7. The van der Waals surface area contributed by atoms with Crippen LogP contribution in [0.5, 0.6) is 0 Å². The Morgan fingerprint density at radius 1 is 0.725 bits per heavy atom. The Labute approximate surface area is 233 Å². The van der Waals surface area contributed by atoms with Crippen LogP contribution in [0.1, 0.15) is 52.9 Å². The molecule has 0 fully saturated rings. The Morgan fingerprint density at radius 2 is 1.43 bits per heavy atom. The number of nitrogens with zero attached hydrogens (tertiary/aromatic N) is 4. The molecule has 3 N–H and O–H groups in total. The highest BCUT2D eigenvalue weighted by Crippen LogP contribution is 2.34. The van der Waals surface area contributed by atoms with E-state index in [1.165, 1.54) is 28.8 Å². The zero-order valence-corrected chi connectivity index (χ0v) is 22.5. The summed E-state index contributed by atoms with van der Waals surface area (Å²) < 4.78 is 0. The van der Waals surface area contributed by atoms with Crippen LogP contribution >= 0.6 is 0 Å². The molecule has 0 bridgehead atoms. The number of fused-ring (bicyclic) bond motifs is 3. The van der Waals surface area contributed by atoms with Gasteiger partial charge >= 0.3 is 0 Å². The van der Waals surface area contributed by atoms with Gasteiger partial charge in [0, 0.05) is 19.3 Å². The lowest BCUT2D eigenvalue weighted by atomic mass is 9.90. The molecule has 7 rings (SSSR count). The molecule has 1 aliphatic carbocycles. The molecule has 3 aromatic carbocycles. The van der Waals surface area contributed by atoms with Gasteiger partial charge in [0.25, 0.3) is 0 Å². The zero-order valence-electron chi connectivity index (χ0n) is 22.5. The third kappa shape index (κ3) is 5.26. The number of benzene rings is 3. The van der Waals surface area contributed by atoms with Gasteiger partial charge in [0.05, 0.1) is 46.9 Å². The van der Waals surface area contributed by atoms with Gasteiger partial charge in [-0.3, -0.25) is 9.88 Å². The van der Waals surface area contributed by atoms with Gasteiger partial charge in [-0.25, -0.2) is 9.97 Å². The number of aryl methyl sites for hydroxylation is 1. The van der Waals surface area contributed by atoms with Crippen LogP contribution in [0, 0.1) is 0 Å². The standard InChI is InChI=1S/C33H33N7/c1-2-10-27-26(9-1)36-31(37-27)20-34-19-23-14-16-24(17-15-23)21-40(22-32-38-28-11-3-4-12-29(28)39-32)30-13-5-7-25-8-6-18-35-33(25)30/h1-4,6,8-12,14-18,30,34H,5,7,13,19-22H2,(H,36,37)(H,38,39). The van der Waals surface area contributed by atoms with Gasteiger partial charge in [0.15, 0.2) is 0 Å². The fraction of sp³-hybridized carbons (Fsp3) is 0.242. The van der Waals surface area contributed by atoms with Crippen molar-refractivity contribution in [3.8, 4) is 0 Å². The first-order valence-corrected chi connectivity index (χ1v) is 14.1. The summed E-state index contributed by atoms with van der Waals surface area (Å²) >= 11 is 0. The molecular weight excluding hydrogens is 494 g/mol. The minimum atomic E-state index is 0.267. The second-order valence-corrected chi connectivity index (χ2v) is 10.7. The van der Waals surface area contributed by atoms with Gasteiger partial charge in [-0.1, -0.05) is 54.6 Å². The van der Waals surface area contributed by atoms with Gasteiger partial charge in [-0.2, -0.15) is 0 Å². The van der Waals surface area contributed by atoms with E-state index in [1.54, 1.807) is 0 Å². The molecule has 1 atom stereocenters. The summed E-state index contributed by atoms with van der Waals surface area (Å²) in [4.78, 5) is 23.9. The quantitative estimate of drug-likeness (QED) is 0.208. The zero-order chi connectivity index (χ0) is 26.7. The summed E-state index contributed by atoms with van der Waals surface area (Å²) in [6.07, 6.45) is 5.32. The summed E-state index contributed by atoms with van der Waals surface area (Å²) in [5, 5.41) is 3.52. The molecule has 0 saturated heterocycles. The van der Waals surface area contributed by atoms with E-state index in [2.05, 4.69) is 85.8 Å². The number of hydrogen-bond donors (Lipinski definition) is 3. The molecular formula is C33H33N7. The highest BCUT2D eigenvalue weighted by Gasteiger charge is 2.28. The van der Waals surface area contributed by atoms with E-state index in [0.717, 1.165) is 66.2 Å². The van der Waals surface area contributed by atoms with Crippen LogP contribution in [-0.2, 0) is 32.6 Å². The molecule has 0 aliphatic heterocycles. The van der Waals surface area contributed by atoms with Gasteiger partial charge in [-0.05, 0) is 66.3 Å². The molecule has 0 amide bonds. The van der Waals surface area contributed by atoms with E-state index in [9.17, 15) is 0 Å². The first-order chi connectivity index (χ1) is 19.8. The number of H-pyrrole nitrogens is 2. The van der Waals surface area contributed by atoms with E-state index >= 15 is 0 Å². The van der Waals surface area contributed by atoms with Crippen molar-refractivity contribution in [2.24, 2.45) is 0 Å². The van der Waals surface area contributed by atoms with Crippen LogP contribution < -0.4 is 5.32 Å². The summed E-state index contributed by atoms with van der Waals surface area (Å²) in [5.74, 6) is 1.95. The minimum absolute atomic E-state index is 0.267. The maximum absolute atomic E-state index is 4.90. The monoisotopic (exact) mass is 527 g/mol. The topological polar surface area (TPSA) is 85.5 Å². The average Bonchev–Trinajstić information content (AvgIpc) is 3.60. The third-order valence-electron chi connectivity index (χ3n) is 7.87. The molecule has 7 heteroatoms. The predicted molar refractivity (Wildman–Crippen MR) is 158 cm³/mol. The fourth-order valence-electron chi connectivity index (χ4n) is 5.90. The van der Waals surface area contributed by atoms with E-state index in [1.807, 2.05) is 30.5 Å². The van der Waals surface area contributed by atoms with Crippen molar-refractivity contribution >= 4 is 22.1 Å². The van der Waals surface area contributed by atoms with Crippen molar-refractivity contribution in [2.45, 2.75) is 51.5 Å². The molecule has 1 aliphatic rings. The lowest BCUT2D eigenvalue weighted by Gasteiger charge is -2.34. The molecule has 0 radical (unpaired) electrons. The molecule has 1 unspecified atom stereocenters. The van der Waals surface area contributed by atoms with Crippen LogP contribution in [0.4, 0.5) is 0 Å². The Balaban J connectivity index is 1.06. The van der Waals surface area contributed by atoms with Gasteiger partial charge in [-0.15, -0.1) is 0 Å². The second-order valence-electron chi connectivity index (χ2n) is 10.7. The van der Waals surface area contributed by atoms with E-state index in [0.29, 0.717) is 6.54 Å². The molecule has 0 saturated carbocycles. The second kappa shape index (κ2) is 11.0. The lowest BCUT2D eigenvalue weighted by molar-refractivity contribution is 0.153. The Bertz CT molecular complexity index is 1670. The molecule has 6 aromatic rings. The number of hydrogen-bond acceptors (Lipinski definition) is 5. The van der Waals surface area contributed by atoms with Crippen molar-refractivity contribution in [1.29, 1.82) is 0 Å². The molecule has 0 spiro atoms. The maximum atomic E-state index is 4.90. The summed E-state index contributed by atoms with van der Waals surface area (Å²) in [6.45, 7) is 3.08. The van der Waals surface area contributed by atoms with Crippen LogP contribution in [-0.4, -0.2) is 29.8 Å². The Morgan fingerprint density at radius 3 is 2.20 bits per heavy atom. The lowest BCUT2D eigenvalue weighted by Crippen LogP contribution is -2.31. The van der Waals surface area contributed by atoms with Crippen LogP contribution in [0.3, 0.4) is 0 Å². The van der Waals surface area contributed by atoms with E-state index < -0.39 is 0 Å². The van der Waals surface area contributed by atoms with Crippen LogP contribution in [0.15, 0.2) is 91.1 Å². The Kier molecular flexibility index (Phi) is 6.81. The van der Waals surface area contributed by atoms with E-state index in [4.69, 9.17) is 9.97 Å². The number of aromatic amines is 2. The number of imidazole rings is 2. The van der Waals surface area contributed by atoms with Gasteiger partial charge in [0.2, 0.25) is 0 Å². The van der Waals surface area contributed by atoms with E-state index in [-0.39, 0.29) is 6.04 Å². The van der Waals surface area contributed by atoms with Crippen molar-refractivity contribution < 1.29 is 0 Å². The molecule has 3 heterocycles. The molecule has 200 valence electrons. The van der Waals surface area contributed by atoms with Crippen molar-refractivity contribution in [1.82, 2.24) is 35.1 Å². The summed E-state index contributed by atoms with van der Waals surface area (Å²) in [6, 6.07) is 29.9. The predicted octanol–water partition coefficient (Wildman–Crippen LogP) is 6.20. The van der Waals surface area contributed by atoms with Crippen LogP contribution in [0.2, 0.25) is 0 Å². The van der Waals surface area contributed by atoms with Gasteiger partial charge < -0.3 is 15.3 Å². The summed E-state index contributed by atoms with van der Waals surface area (Å²) in [7, 11) is 0. The number of pyridine rings is 1. The highest BCUT2D eigenvalue weighted by molar-refractivity contribution is 5.75. The smallest absolute Gasteiger partial charge is 0.121 e. The first-order valence-electron chi connectivity index (χ1n) is 14.1. The number of rotatable bonds is 9. The van der Waals surface area contributed by atoms with Crippen molar-refractivity contribution in [2.75, 3.05) is 0 Å². The summed E-state index contributed by atoms with van der Waals surface area (Å²) in [5.41, 5.74) is 9.32. The third-order valence-corrected chi connectivity index (χ3v) is 7.87. The van der Waals surface area contributed by atoms with Gasteiger partial charge in [0.1, 0.15) is 11.6 Å². The van der Waals surface area contributed by atoms with Crippen LogP contribution in [0.25, 0.3) is 22.1 Å². The normalized spacial score (nSPS) is 15.2. The maximum Gasteiger partial charge on any atom is 0.121 e. The molecule has 3 aromatic heterocycles. The number of para-hydroxylation sites is 4.